The van der Waals surface area contributed by atoms with Crippen LogP contribution in [0.4, 0.5) is 0 Å². The largest absolute Gasteiger partial charge is 0.488 e. The topological polar surface area (TPSA) is 69.1 Å². The van der Waals surface area contributed by atoms with E-state index in [-0.39, 0.29) is 19.2 Å². The summed E-state index contributed by atoms with van der Waals surface area (Å²) in [5.41, 5.74) is 5.38. The molecule has 3 aliphatic heterocycles. The van der Waals surface area contributed by atoms with Gasteiger partial charge in [-0.1, -0.05) is 17.7 Å². The minimum absolute atomic E-state index is 0.101. The second-order valence-electron chi connectivity index (χ2n) is 8.81. The first-order valence-electron chi connectivity index (χ1n) is 11.3. The van der Waals surface area contributed by atoms with Gasteiger partial charge in [-0.2, -0.15) is 5.10 Å². The van der Waals surface area contributed by atoms with Gasteiger partial charge in [0.1, 0.15) is 18.9 Å². The number of nitrogens with zero attached hydrogens (tertiary/aromatic N) is 4. The normalized spacial score (nSPS) is 16.8. The molecule has 0 spiro atoms. The van der Waals surface area contributed by atoms with Gasteiger partial charge in [0, 0.05) is 43.9 Å². The third-order valence-electron chi connectivity index (χ3n) is 6.54. The molecule has 8 heteroatoms. The lowest BCUT2D eigenvalue weighted by Gasteiger charge is -2.35. The fraction of sp³-hybridized carbons (Fsp3) is 0.360. The molecule has 3 aliphatic rings. The van der Waals surface area contributed by atoms with E-state index < -0.39 is 0 Å². The molecule has 0 bridgehead atoms. The van der Waals surface area contributed by atoms with E-state index in [1.54, 1.807) is 0 Å². The van der Waals surface area contributed by atoms with Crippen molar-refractivity contribution in [3.05, 3.63) is 59.3 Å². The summed E-state index contributed by atoms with van der Waals surface area (Å²) in [5, 5.41) is 4.52. The first-order chi connectivity index (χ1) is 16.1. The molecule has 0 unspecified atom stereocenters. The number of aryl methyl sites for hydroxylation is 1. The zero-order valence-electron chi connectivity index (χ0n) is 18.6. The Morgan fingerprint density at radius 2 is 1.79 bits per heavy atom. The molecule has 2 aromatic carbocycles. The fourth-order valence-corrected chi connectivity index (χ4v) is 4.75. The van der Waals surface area contributed by atoms with E-state index in [4.69, 9.17) is 14.2 Å². The summed E-state index contributed by atoms with van der Waals surface area (Å²) >= 11 is 0. The van der Waals surface area contributed by atoms with Gasteiger partial charge in [-0.15, -0.1) is 0 Å². The van der Waals surface area contributed by atoms with Gasteiger partial charge in [-0.05, 0) is 36.8 Å². The maximum Gasteiger partial charge on any atom is 0.244 e. The molecule has 8 nitrogen and oxygen atoms in total. The second-order valence-corrected chi connectivity index (χ2v) is 8.81. The Labute approximate surface area is 192 Å². The molecule has 4 heterocycles. The van der Waals surface area contributed by atoms with Crippen LogP contribution in [0, 0.1) is 6.92 Å². The highest BCUT2D eigenvalue weighted by atomic mass is 16.7. The molecule has 0 saturated carbocycles. The maximum absolute atomic E-state index is 13.1. The molecule has 1 saturated heterocycles. The fourth-order valence-electron chi connectivity index (χ4n) is 4.75. The van der Waals surface area contributed by atoms with Crippen LogP contribution >= 0.6 is 0 Å². The van der Waals surface area contributed by atoms with Gasteiger partial charge in [-0.3, -0.25) is 14.4 Å². The third-order valence-corrected chi connectivity index (χ3v) is 6.54. The Kier molecular flexibility index (Phi) is 4.95. The lowest BCUT2D eigenvalue weighted by atomic mass is 10.0. The van der Waals surface area contributed by atoms with Crippen LogP contribution in [0.2, 0.25) is 0 Å². The zero-order valence-corrected chi connectivity index (χ0v) is 18.6. The van der Waals surface area contributed by atoms with Crippen molar-refractivity contribution in [1.29, 1.82) is 0 Å². The molecule has 1 aromatic heterocycles. The first kappa shape index (κ1) is 20.1. The van der Waals surface area contributed by atoms with Crippen LogP contribution in [0.25, 0.3) is 11.3 Å². The van der Waals surface area contributed by atoms with Crippen LogP contribution in [0.3, 0.4) is 0 Å². The highest BCUT2D eigenvalue weighted by Crippen LogP contribution is 2.38. The van der Waals surface area contributed by atoms with Gasteiger partial charge >= 0.3 is 0 Å². The first-order valence-corrected chi connectivity index (χ1v) is 11.3. The molecule has 6 rings (SSSR count). The minimum Gasteiger partial charge on any atom is -0.488 e. The number of hydrogen-bond donors (Lipinski definition) is 0. The molecule has 0 N–H and O–H groups in total. The molecular weight excluding hydrogens is 420 g/mol. The van der Waals surface area contributed by atoms with E-state index in [0.717, 1.165) is 59.3 Å². The van der Waals surface area contributed by atoms with Crippen molar-refractivity contribution in [3.8, 4) is 28.5 Å². The predicted octanol–water partition coefficient (Wildman–Crippen LogP) is 2.82. The van der Waals surface area contributed by atoms with E-state index >= 15 is 0 Å². The number of amides is 1. The monoisotopic (exact) mass is 446 g/mol. The summed E-state index contributed by atoms with van der Waals surface area (Å²) in [4.78, 5) is 17.4. The SMILES string of the molecule is Cc1ccc2c(c1)-c1c(cnn1CC(=O)N1CCN(Cc3ccc4c(c3)OCO4)CC1)CO2. The van der Waals surface area contributed by atoms with Crippen molar-refractivity contribution in [2.24, 2.45) is 0 Å². The lowest BCUT2D eigenvalue weighted by molar-refractivity contribution is -0.133. The van der Waals surface area contributed by atoms with Crippen molar-refractivity contribution in [2.45, 2.75) is 26.6 Å². The highest BCUT2D eigenvalue weighted by molar-refractivity contribution is 5.78. The van der Waals surface area contributed by atoms with Gasteiger partial charge in [0.15, 0.2) is 11.5 Å². The Bertz CT molecular complexity index is 1210. The molecule has 1 fully saturated rings. The number of carbonyl (C=O) groups excluding carboxylic acids is 1. The van der Waals surface area contributed by atoms with Crippen molar-refractivity contribution < 1.29 is 19.0 Å². The molecule has 0 aliphatic carbocycles. The van der Waals surface area contributed by atoms with E-state index in [1.807, 2.05) is 40.0 Å². The number of hydrogen-bond acceptors (Lipinski definition) is 6. The number of carbonyl (C=O) groups is 1. The molecule has 0 radical (unpaired) electrons. The Morgan fingerprint density at radius 3 is 2.67 bits per heavy atom. The molecule has 33 heavy (non-hydrogen) atoms. The van der Waals surface area contributed by atoms with Crippen LogP contribution in [0.5, 0.6) is 17.2 Å². The number of piperazine rings is 1. The van der Waals surface area contributed by atoms with E-state index in [2.05, 4.69) is 29.1 Å². The van der Waals surface area contributed by atoms with Crippen LogP contribution < -0.4 is 14.2 Å². The average Bonchev–Trinajstić information content (AvgIpc) is 3.46. The molecule has 3 aromatic rings. The third kappa shape index (κ3) is 3.80. The van der Waals surface area contributed by atoms with Crippen molar-refractivity contribution in [3.63, 3.8) is 0 Å². The maximum atomic E-state index is 13.1. The average molecular weight is 447 g/mol. The van der Waals surface area contributed by atoms with Crippen molar-refractivity contribution >= 4 is 5.91 Å². The number of ether oxygens (including phenoxy) is 3. The summed E-state index contributed by atoms with van der Waals surface area (Å²) < 4.78 is 18.6. The summed E-state index contributed by atoms with van der Waals surface area (Å²) in [6, 6.07) is 12.2. The van der Waals surface area contributed by atoms with Crippen LogP contribution in [-0.4, -0.2) is 58.5 Å². The molecule has 1 amide bonds. The molecule has 170 valence electrons. The van der Waals surface area contributed by atoms with E-state index in [9.17, 15) is 4.79 Å². The Balaban J connectivity index is 1.10. The van der Waals surface area contributed by atoms with Crippen LogP contribution in [0.15, 0.2) is 42.6 Å². The number of rotatable bonds is 4. The number of aromatic nitrogens is 2. The highest BCUT2D eigenvalue weighted by Gasteiger charge is 2.26. The predicted molar refractivity (Wildman–Crippen MR) is 121 cm³/mol. The van der Waals surface area contributed by atoms with Gasteiger partial charge in [0.25, 0.3) is 0 Å². The summed E-state index contributed by atoms with van der Waals surface area (Å²) in [7, 11) is 0. The minimum atomic E-state index is 0.101. The standard InChI is InChI=1S/C25H26N4O4/c1-17-2-4-21-20(10-17)25-19(15-31-21)12-26-29(25)14-24(30)28-8-6-27(7-9-28)13-18-3-5-22-23(11-18)33-16-32-22/h2-5,10-12H,6-9,13-16H2,1H3. The van der Waals surface area contributed by atoms with Crippen LogP contribution in [-0.2, 0) is 24.5 Å². The number of benzene rings is 2. The lowest BCUT2D eigenvalue weighted by Crippen LogP contribution is -2.49. The zero-order chi connectivity index (χ0) is 22.4. The quantitative estimate of drug-likeness (QED) is 0.614. The van der Waals surface area contributed by atoms with Crippen molar-refractivity contribution in [1.82, 2.24) is 19.6 Å². The van der Waals surface area contributed by atoms with Gasteiger partial charge < -0.3 is 19.1 Å². The smallest absolute Gasteiger partial charge is 0.244 e. The Hall–Kier alpha value is -3.52. The van der Waals surface area contributed by atoms with E-state index in [1.165, 1.54) is 5.56 Å². The van der Waals surface area contributed by atoms with Crippen molar-refractivity contribution in [2.75, 3.05) is 33.0 Å². The summed E-state index contributed by atoms with van der Waals surface area (Å²) in [6.07, 6.45) is 1.82. The Morgan fingerprint density at radius 1 is 0.970 bits per heavy atom. The molecule has 0 atom stereocenters. The van der Waals surface area contributed by atoms with Gasteiger partial charge in [0.05, 0.1) is 11.9 Å². The van der Waals surface area contributed by atoms with Crippen LogP contribution in [0.1, 0.15) is 16.7 Å². The summed E-state index contributed by atoms with van der Waals surface area (Å²) in [5.74, 6) is 2.56. The number of fused-ring (bicyclic) bond motifs is 4. The van der Waals surface area contributed by atoms with Gasteiger partial charge in [-0.25, -0.2) is 0 Å². The van der Waals surface area contributed by atoms with E-state index in [0.29, 0.717) is 19.7 Å². The molecular formula is C25H26N4O4. The van der Waals surface area contributed by atoms with Gasteiger partial charge in [0.2, 0.25) is 12.7 Å². The summed E-state index contributed by atoms with van der Waals surface area (Å²) in [6.45, 7) is 7.02. The second kappa shape index (κ2) is 8.12.